The van der Waals surface area contributed by atoms with Gasteiger partial charge in [-0.15, -0.1) is 11.3 Å². The molecule has 0 spiro atoms. The topological polar surface area (TPSA) is 32.3 Å². The highest BCUT2D eigenvalue weighted by Crippen LogP contribution is 2.22. The van der Waals surface area contributed by atoms with Crippen molar-refractivity contribution in [1.82, 2.24) is 10.2 Å². The number of likely N-dealkylation sites (N-methyl/N-ethyl adjacent to an activating group) is 1. The Morgan fingerprint density at radius 1 is 1.30 bits per heavy atom. The van der Waals surface area contributed by atoms with Gasteiger partial charge in [0.15, 0.2) is 0 Å². The van der Waals surface area contributed by atoms with Gasteiger partial charge in [0, 0.05) is 17.0 Å². The Kier molecular flexibility index (Phi) is 4.93. The molecule has 1 aromatic heterocycles. The number of benzene rings is 1. The summed E-state index contributed by atoms with van der Waals surface area (Å²) in [5.41, 5.74) is 1.81. The van der Waals surface area contributed by atoms with Crippen molar-refractivity contribution >= 4 is 17.2 Å². The number of hydrogen-bond acceptors (Lipinski definition) is 3. The second-order valence-electron chi connectivity index (χ2n) is 5.07. The average molecular weight is 288 g/mol. The average Bonchev–Trinajstić information content (AvgIpc) is 2.92. The van der Waals surface area contributed by atoms with E-state index in [1.807, 2.05) is 51.4 Å². The SMILES string of the molecule is Cc1cccc(C(=O)NCC(c2cccs2)N(C)C)c1. The van der Waals surface area contributed by atoms with Gasteiger partial charge in [0.1, 0.15) is 0 Å². The molecule has 0 radical (unpaired) electrons. The van der Waals surface area contributed by atoms with E-state index in [0.717, 1.165) is 5.56 Å². The predicted molar refractivity (Wildman–Crippen MR) is 84.3 cm³/mol. The van der Waals surface area contributed by atoms with Crippen molar-refractivity contribution in [3.63, 3.8) is 0 Å². The largest absolute Gasteiger partial charge is 0.350 e. The molecule has 3 nitrogen and oxygen atoms in total. The highest BCUT2D eigenvalue weighted by atomic mass is 32.1. The maximum Gasteiger partial charge on any atom is 0.251 e. The number of hydrogen-bond donors (Lipinski definition) is 1. The second-order valence-corrected chi connectivity index (χ2v) is 6.05. The van der Waals surface area contributed by atoms with E-state index in [4.69, 9.17) is 0 Å². The molecule has 20 heavy (non-hydrogen) atoms. The van der Waals surface area contributed by atoms with Crippen LogP contribution in [0.3, 0.4) is 0 Å². The Morgan fingerprint density at radius 3 is 2.70 bits per heavy atom. The first-order valence-electron chi connectivity index (χ1n) is 6.62. The van der Waals surface area contributed by atoms with E-state index in [-0.39, 0.29) is 11.9 Å². The van der Waals surface area contributed by atoms with Crippen LogP contribution >= 0.6 is 11.3 Å². The molecule has 2 rings (SSSR count). The van der Waals surface area contributed by atoms with Crippen LogP contribution in [0.15, 0.2) is 41.8 Å². The molecule has 0 fully saturated rings. The van der Waals surface area contributed by atoms with Crippen LogP contribution in [0, 0.1) is 6.92 Å². The van der Waals surface area contributed by atoms with Gasteiger partial charge in [-0.2, -0.15) is 0 Å². The van der Waals surface area contributed by atoms with Crippen molar-refractivity contribution in [2.45, 2.75) is 13.0 Å². The van der Waals surface area contributed by atoms with Crippen LogP contribution in [0.1, 0.15) is 26.8 Å². The Morgan fingerprint density at radius 2 is 2.10 bits per heavy atom. The normalized spacial score (nSPS) is 12.4. The van der Waals surface area contributed by atoms with Gasteiger partial charge in [0.2, 0.25) is 0 Å². The molecular weight excluding hydrogens is 268 g/mol. The van der Waals surface area contributed by atoms with Crippen LogP contribution in [0.5, 0.6) is 0 Å². The van der Waals surface area contributed by atoms with Gasteiger partial charge < -0.3 is 10.2 Å². The maximum atomic E-state index is 12.2. The lowest BCUT2D eigenvalue weighted by molar-refractivity contribution is 0.0942. The lowest BCUT2D eigenvalue weighted by Gasteiger charge is -2.23. The van der Waals surface area contributed by atoms with E-state index in [9.17, 15) is 4.79 Å². The molecule has 1 N–H and O–H groups in total. The van der Waals surface area contributed by atoms with Crippen molar-refractivity contribution in [1.29, 1.82) is 0 Å². The number of carbonyl (C=O) groups excluding carboxylic acids is 1. The van der Waals surface area contributed by atoms with Gasteiger partial charge in [0.05, 0.1) is 6.04 Å². The molecular formula is C16H20N2OS. The van der Waals surface area contributed by atoms with Gasteiger partial charge in [-0.05, 0) is 44.6 Å². The highest BCUT2D eigenvalue weighted by Gasteiger charge is 2.16. The van der Waals surface area contributed by atoms with Crippen molar-refractivity contribution in [2.75, 3.05) is 20.6 Å². The fourth-order valence-electron chi connectivity index (χ4n) is 2.10. The third-order valence-electron chi connectivity index (χ3n) is 3.23. The molecule has 1 amide bonds. The van der Waals surface area contributed by atoms with E-state index in [1.54, 1.807) is 11.3 Å². The Bertz CT molecular complexity index is 564. The summed E-state index contributed by atoms with van der Waals surface area (Å²) in [6.45, 7) is 2.60. The molecule has 0 bridgehead atoms. The van der Waals surface area contributed by atoms with Crippen molar-refractivity contribution in [3.05, 3.63) is 57.8 Å². The quantitative estimate of drug-likeness (QED) is 0.917. The summed E-state index contributed by atoms with van der Waals surface area (Å²) in [6.07, 6.45) is 0. The second kappa shape index (κ2) is 6.68. The smallest absolute Gasteiger partial charge is 0.251 e. The van der Waals surface area contributed by atoms with Gasteiger partial charge in [-0.1, -0.05) is 23.8 Å². The van der Waals surface area contributed by atoms with E-state index >= 15 is 0 Å². The van der Waals surface area contributed by atoms with E-state index < -0.39 is 0 Å². The minimum atomic E-state index is -0.0166. The van der Waals surface area contributed by atoms with Gasteiger partial charge in [-0.25, -0.2) is 0 Å². The zero-order valence-electron chi connectivity index (χ0n) is 12.1. The number of aryl methyl sites for hydroxylation is 1. The van der Waals surface area contributed by atoms with Crippen LogP contribution in [-0.2, 0) is 0 Å². The highest BCUT2D eigenvalue weighted by molar-refractivity contribution is 7.10. The zero-order valence-corrected chi connectivity index (χ0v) is 12.9. The number of nitrogens with zero attached hydrogens (tertiary/aromatic N) is 1. The molecule has 1 aromatic carbocycles. The maximum absolute atomic E-state index is 12.2. The molecule has 106 valence electrons. The lowest BCUT2D eigenvalue weighted by Crippen LogP contribution is -2.34. The molecule has 0 saturated carbocycles. The molecule has 0 aliphatic rings. The van der Waals surface area contributed by atoms with E-state index in [0.29, 0.717) is 12.1 Å². The first-order valence-corrected chi connectivity index (χ1v) is 7.50. The van der Waals surface area contributed by atoms with Crippen LogP contribution in [-0.4, -0.2) is 31.4 Å². The third-order valence-corrected chi connectivity index (χ3v) is 4.20. The Labute approximate surface area is 124 Å². The van der Waals surface area contributed by atoms with E-state index in [2.05, 4.69) is 21.7 Å². The molecule has 0 aliphatic carbocycles. The molecule has 1 heterocycles. The van der Waals surface area contributed by atoms with Crippen molar-refractivity contribution in [3.8, 4) is 0 Å². The van der Waals surface area contributed by atoms with Crippen LogP contribution in [0.4, 0.5) is 0 Å². The number of nitrogens with one attached hydrogen (secondary N) is 1. The number of amides is 1. The molecule has 1 unspecified atom stereocenters. The summed E-state index contributed by atoms with van der Waals surface area (Å²) in [5.74, 6) is -0.0166. The van der Waals surface area contributed by atoms with E-state index in [1.165, 1.54) is 4.88 Å². The lowest BCUT2D eigenvalue weighted by atomic mass is 10.1. The van der Waals surface area contributed by atoms with Gasteiger partial charge >= 0.3 is 0 Å². The van der Waals surface area contributed by atoms with Crippen LogP contribution in [0.25, 0.3) is 0 Å². The zero-order chi connectivity index (χ0) is 14.5. The number of thiophene rings is 1. The number of carbonyl (C=O) groups is 1. The fourth-order valence-corrected chi connectivity index (χ4v) is 3.02. The fraction of sp³-hybridized carbons (Fsp3) is 0.312. The number of rotatable bonds is 5. The predicted octanol–water partition coefficient (Wildman–Crippen LogP) is 3.09. The van der Waals surface area contributed by atoms with Gasteiger partial charge in [-0.3, -0.25) is 4.79 Å². The van der Waals surface area contributed by atoms with Crippen molar-refractivity contribution in [2.24, 2.45) is 0 Å². The van der Waals surface area contributed by atoms with Gasteiger partial charge in [0.25, 0.3) is 5.91 Å². The first kappa shape index (κ1) is 14.8. The summed E-state index contributed by atoms with van der Waals surface area (Å²) < 4.78 is 0. The summed E-state index contributed by atoms with van der Waals surface area (Å²) >= 11 is 1.72. The molecule has 0 aliphatic heterocycles. The molecule has 2 aromatic rings. The Hall–Kier alpha value is -1.65. The minimum absolute atomic E-state index is 0.0166. The summed E-state index contributed by atoms with van der Waals surface area (Å²) in [7, 11) is 4.06. The first-order chi connectivity index (χ1) is 9.58. The summed E-state index contributed by atoms with van der Waals surface area (Å²) in [5, 5.41) is 5.09. The van der Waals surface area contributed by atoms with Crippen LogP contribution < -0.4 is 5.32 Å². The Balaban J connectivity index is 2.01. The molecule has 0 saturated heterocycles. The third kappa shape index (κ3) is 3.68. The monoisotopic (exact) mass is 288 g/mol. The minimum Gasteiger partial charge on any atom is -0.350 e. The van der Waals surface area contributed by atoms with Crippen LogP contribution in [0.2, 0.25) is 0 Å². The molecule has 1 atom stereocenters. The van der Waals surface area contributed by atoms with Crippen molar-refractivity contribution < 1.29 is 4.79 Å². The summed E-state index contributed by atoms with van der Waals surface area (Å²) in [4.78, 5) is 15.6. The molecule has 4 heteroatoms. The summed E-state index contributed by atoms with van der Waals surface area (Å²) in [6, 6.07) is 12.0. The standard InChI is InChI=1S/C16H20N2OS/c1-12-6-4-7-13(10-12)16(19)17-11-14(18(2)3)15-8-5-9-20-15/h4-10,14H,11H2,1-3H3,(H,17,19).